The summed E-state index contributed by atoms with van der Waals surface area (Å²) in [6.07, 6.45) is 0. The number of rotatable bonds is 9. The summed E-state index contributed by atoms with van der Waals surface area (Å²) in [6, 6.07) is 53.1. The van der Waals surface area contributed by atoms with Crippen molar-refractivity contribution >= 4 is 62.6 Å². The average Bonchev–Trinajstić information content (AvgIpc) is 3.31. The van der Waals surface area contributed by atoms with Gasteiger partial charge in [0.25, 0.3) is 0 Å². The first kappa shape index (κ1) is 39.1. The van der Waals surface area contributed by atoms with Crippen LogP contribution < -0.4 is 14.7 Å². The third kappa shape index (κ3) is 7.42. The molecule has 0 fully saturated rings. The number of anilines is 9. The summed E-state index contributed by atoms with van der Waals surface area (Å²) in [5.41, 5.74) is 12.7. The SMILES string of the molecule is [C-]#[N+]c1ccc(N(c2ccc(C#N)cc2)c2c(C)c(N(c3ccc(C#N)cc3)c3ccc(C#N)cc3)c(C)c(N(c3ccc(C#N)cc3)c3ccc([N+]#[C-])cc3)c2C)cc1. The number of hydrogen-bond acceptors (Lipinski definition) is 7. The molecule has 0 saturated carbocycles. The minimum atomic E-state index is 0.486. The highest BCUT2D eigenvalue weighted by atomic mass is 15.2. The van der Waals surface area contributed by atoms with E-state index in [1.54, 1.807) is 72.8 Å². The molecule has 7 aromatic carbocycles. The molecule has 0 bridgehead atoms. The van der Waals surface area contributed by atoms with Gasteiger partial charge in [-0.05, 0) is 159 Å². The van der Waals surface area contributed by atoms with Gasteiger partial charge in [-0.3, -0.25) is 0 Å². The molecule has 9 nitrogen and oxygen atoms in total. The van der Waals surface area contributed by atoms with Gasteiger partial charge in [0.15, 0.2) is 11.4 Å². The van der Waals surface area contributed by atoms with Crippen molar-refractivity contribution in [2.24, 2.45) is 0 Å². The van der Waals surface area contributed by atoms with Crippen LogP contribution in [0.5, 0.6) is 0 Å². The van der Waals surface area contributed by atoms with Crippen LogP contribution in [0.25, 0.3) is 9.69 Å². The Morgan fingerprint density at radius 2 is 0.517 bits per heavy atom. The third-order valence-electron chi connectivity index (χ3n) is 10.3. The molecule has 0 unspecified atom stereocenters. The van der Waals surface area contributed by atoms with Crippen molar-refractivity contribution < 1.29 is 0 Å². The summed E-state index contributed by atoms with van der Waals surface area (Å²) < 4.78 is 0. The van der Waals surface area contributed by atoms with Crippen LogP contribution in [0, 0.1) is 79.2 Å². The maximum absolute atomic E-state index is 9.76. The Bertz CT molecular complexity index is 2460. The predicted octanol–water partition coefficient (Wildman–Crippen LogP) is 13.6. The van der Waals surface area contributed by atoms with E-state index in [1.165, 1.54) is 0 Å². The topological polar surface area (TPSA) is 114 Å². The maximum Gasteiger partial charge on any atom is 0.187 e. The summed E-state index contributed by atoms with van der Waals surface area (Å²) in [7, 11) is 0. The molecule has 0 aliphatic heterocycles. The second-order valence-corrected chi connectivity index (χ2v) is 13.8. The standard InChI is InChI=1S/C51H33N9/c1-34-49(58(43-18-6-37(30-52)7-19-43)44-20-8-38(31-53)9-21-44)35(2)51(60(46-24-12-40(33-55)13-25-46)48-28-16-42(57-5)17-29-48)36(3)50(34)59(45-22-10-39(32-54)11-23-45)47-26-14-41(56-4)15-27-47/h6-29H,1-3H3. The average molecular weight is 772 g/mol. The minimum absolute atomic E-state index is 0.486. The first-order valence-electron chi connectivity index (χ1n) is 18.7. The Balaban J connectivity index is 1.66. The summed E-state index contributed by atoms with van der Waals surface area (Å²) in [5.74, 6) is 0. The monoisotopic (exact) mass is 771 g/mol. The number of hydrogen-bond donors (Lipinski definition) is 0. The molecule has 0 spiro atoms. The van der Waals surface area contributed by atoms with E-state index in [1.807, 2.05) is 72.8 Å². The summed E-state index contributed by atoms with van der Waals surface area (Å²) in [4.78, 5) is 13.7. The molecule has 60 heavy (non-hydrogen) atoms. The van der Waals surface area contributed by atoms with Crippen LogP contribution in [0.15, 0.2) is 146 Å². The van der Waals surface area contributed by atoms with E-state index in [0.29, 0.717) is 33.6 Å². The zero-order chi connectivity index (χ0) is 42.3. The smallest absolute Gasteiger partial charge is 0.187 e. The van der Waals surface area contributed by atoms with Crippen LogP contribution in [0.2, 0.25) is 0 Å². The molecule has 0 N–H and O–H groups in total. The van der Waals surface area contributed by atoms with E-state index >= 15 is 0 Å². The second-order valence-electron chi connectivity index (χ2n) is 13.8. The van der Waals surface area contributed by atoms with Crippen LogP contribution in [0.1, 0.15) is 38.9 Å². The number of nitrogens with zero attached hydrogens (tertiary/aromatic N) is 9. The normalized spacial score (nSPS) is 10.2. The quantitative estimate of drug-likeness (QED) is 0.134. The summed E-state index contributed by atoms with van der Waals surface area (Å²) in [5, 5.41) is 39.1. The van der Waals surface area contributed by atoms with Gasteiger partial charge in [-0.15, -0.1) is 0 Å². The number of nitriles is 4. The highest BCUT2D eigenvalue weighted by Gasteiger charge is 2.31. The van der Waals surface area contributed by atoms with Gasteiger partial charge in [0.05, 0.1) is 76.7 Å². The van der Waals surface area contributed by atoms with Gasteiger partial charge in [0, 0.05) is 34.1 Å². The lowest BCUT2D eigenvalue weighted by atomic mass is 9.93. The van der Waals surface area contributed by atoms with Crippen molar-refractivity contribution in [2.75, 3.05) is 14.7 Å². The first-order valence-corrected chi connectivity index (χ1v) is 18.7. The fraction of sp³-hybridized carbons (Fsp3) is 0.0588. The molecule has 7 rings (SSSR count). The van der Waals surface area contributed by atoms with Gasteiger partial charge in [0.2, 0.25) is 0 Å². The molecule has 0 saturated heterocycles. The van der Waals surface area contributed by atoms with Crippen LogP contribution >= 0.6 is 0 Å². The molecule has 282 valence electrons. The lowest BCUT2D eigenvalue weighted by Gasteiger charge is -2.38. The Morgan fingerprint density at radius 1 is 0.333 bits per heavy atom. The second kappa shape index (κ2) is 16.9. The van der Waals surface area contributed by atoms with E-state index in [-0.39, 0.29) is 0 Å². The first-order chi connectivity index (χ1) is 29.2. The molecule has 0 radical (unpaired) electrons. The largest absolute Gasteiger partial charge is 0.310 e. The van der Waals surface area contributed by atoms with Crippen molar-refractivity contribution in [3.63, 3.8) is 0 Å². The highest BCUT2D eigenvalue weighted by molar-refractivity contribution is 5.97. The Morgan fingerprint density at radius 3 is 0.683 bits per heavy atom. The minimum Gasteiger partial charge on any atom is -0.310 e. The van der Waals surface area contributed by atoms with Crippen LogP contribution in [-0.2, 0) is 0 Å². The fourth-order valence-corrected chi connectivity index (χ4v) is 7.50. The van der Waals surface area contributed by atoms with Crippen molar-refractivity contribution in [1.82, 2.24) is 0 Å². The molecule has 0 aliphatic carbocycles. The van der Waals surface area contributed by atoms with Crippen molar-refractivity contribution in [3.8, 4) is 24.3 Å². The number of benzene rings is 7. The van der Waals surface area contributed by atoms with Gasteiger partial charge >= 0.3 is 0 Å². The lowest BCUT2D eigenvalue weighted by Crippen LogP contribution is -2.22. The van der Waals surface area contributed by atoms with Crippen LogP contribution in [0.3, 0.4) is 0 Å². The molecular weight excluding hydrogens is 739 g/mol. The Kier molecular flexibility index (Phi) is 11.0. The molecule has 0 atom stereocenters. The van der Waals surface area contributed by atoms with Gasteiger partial charge in [-0.2, -0.15) is 21.0 Å². The molecule has 7 aromatic rings. The summed E-state index contributed by atoms with van der Waals surface area (Å²) in [6.45, 7) is 21.5. The van der Waals surface area contributed by atoms with Crippen molar-refractivity contribution in [3.05, 3.63) is 207 Å². The van der Waals surface area contributed by atoms with E-state index in [2.05, 4.69) is 69.4 Å². The Hall–Kier alpha value is -9.12. The Labute approximate surface area is 349 Å². The van der Waals surface area contributed by atoms with Crippen LogP contribution in [-0.4, -0.2) is 0 Å². The zero-order valence-electron chi connectivity index (χ0n) is 32.9. The third-order valence-corrected chi connectivity index (χ3v) is 10.3. The van der Waals surface area contributed by atoms with E-state index in [9.17, 15) is 21.0 Å². The molecule has 0 amide bonds. The van der Waals surface area contributed by atoms with Gasteiger partial charge < -0.3 is 14.7 Å². The fourth-order valence-electron chi connectivity index (χ4n) is 7.50. The zero-order valence-corrected chi connectivity index (χ0v) is 32.9. The van der Waals surface area contributed by atoms with Crippen molar-refractivity contribution in [2.45, 2.75) is 20.8 Å². The molecule has 0 heterocycles. The van der Waals surface area contributed by atoms with Crippen molar-refractivity contribution in [1.29, 1.82) is 21.0 Å². The maximum atomic E-state index is 9.76. The van der Waals surface area contributed by atoms with Gasteiger partial charge in [0.1, 0.15) is 0 Å². The molecule has 0 aliphatic rings. The van der Waals surface area contributed by atoms with Gasteiger partial charge in [-0.25, -0.2) is 9.69 Å². The summed E-state index contributed by atoms with van der Waals surface area (Å²) >= 11 is 0. The molecule has 9 heteroatoms. The molecular formula is C51H33N9. The van der Waals surface area contributed by atoms with E-state index in [0.717, 1.165) is 67.9 Å². The predicted molar refractivity (Wildman–Crippen MR) is 236 cm³/mol. The van der Waals surface area contributed by atoms with E-state index < -0.39 is 0 Å². The molecule has 0 aromatic heterocycles. The highest BCUT2D eigenvalue weighted by Crippen LogP contribution is 2.53. The lowest BCUT2D eigenvalue weighted by molar-refractivity contribution is 1.13. The van der Waals surface area contributed by atoms with Gasteiger partial charge in [-0.1, -0.05) is 24.3 Å². The van der Waals surface area contributed by atoms with E-state index in [4.69, 9.17) is 13.1 Å². The van der Waals surface area contributed by atoms with Crippen LogP contribution in [0.4, 0.5) is 62.6 Å².